The number of benzene rings is 6. The van der Waals surface area contributed by atoms with Crippen molar-refractivity contribution in [1.82, 2.24) is 0 Å². The summed E-state index contributed by atoms with van der Waals surface area (Å²) in [7, 11) is -3.08. The highest BCUT2D eigenvalue weighted by Gasteiger charge is 2.52. The molecule has 3 nitrogen and oxygen atoms in total. The van der Waals surface area contributed by atoms with Gasteiger partial charge in [-0.2, -0.15) is 0 Å². The molecule has 0 radical (unpaired) electrons. The molecule has 0 unspecified atom stereocenters. The van der Waals surface area contributed by atoms with Crippen LogP contribution >= 0.6 is 183 Å². The van der Waals surface area contributed by atoms with Crippen molar-refractivity contribution in [2.75, 3.05) is 17.6 Å². The minimum absolute atomic E-state index is 0.0505. The largest absolute Gasteiger partial charge is 0.336 e. The molecule has 0 atom stereocenters. The lowest BCUT2D eigenvalue weighted by atomic mass is 9.88. The molecule has 0 N–H and O–H groups in total. The molecule has 0 aliphatic heterocycles. The Bertz CT molecular complexity index is 2140. The molecule has 0 saturated heterocycles. The van der Waals surface area contributed by atoms with Gasteiger partial charge in [-0.1, -0.05) is 212 Å². The maximum absolute atomic E-state index is 7.29. The van der Waals surface area contributed by atoms with Crippen LogP contribution in [0.2, 0.25) is 60.3 Å². The minimum atomic E-state index is -3.08. The van der Waals surface area contributed by atoms with E-state index in [0.29, 0.717) is 0 Å². The Hall–Kier alpha value is -0.0200. The van der Waals surface area contributed by atoms with Gasteiger partial charge in [0.05, 0.1) is 77.9 Å². The molecule has 6 aromatic rings. The van der Waals surface area contributed by atoms with Crippen molar-refractivity contribution >= 4 is 183 Å². The van der Waals surface area contributed by atoms with E-state index in [9.17, 15) is 0 Å². The first-order valence-electron chi connectivity index (χ1n) is 17.3. The molecular formula is C42H24Cl15O3P. The van der Waals surface area contributed by atoms with Crippen LogP contribution in [0, 0.1) is 0 Å². The molecule has 61 heavy (non-hydrogen) atoms. The Morgan fingerprint density at radius 3 is 0.607 bits per heavy atom. The van der Waals surface area contributed by atoms with Crippen molar-refractivity contribution in [2.24, 2.45) is 0 Å². The van der Waals surface area contributed by atoms with Gasteiger partial charge >= 0.3 is 8.60 Å². The summed E-state index contributed by atoms with van der Waals surface area (Å²) in [5.74, 6) is -1.23. The lowest BCUT2D eigenvalue weighted by Gasteiger charge is -2.44. The molecule has 320 valence electrons. The first-order chi connectivity index (χ1) is 29.0. The van der Waals surface area contributed by atoms with Crippen molar-refractivity contribution in [2.45, 2.75) is 16.8 Å². The Balaban J connectivity index is 1.77. The lowest BCUT2D eigenvalue weighted by molar-refractivity contribution is 0.00315. The van der Waals surface area contributed by atoms with Gasteiger partial charge in [-0.05, 0) is 36.4 Å². The van der Waals surface area contributed by atoms with E-state index in [2.05, 4.69) is 0 Å². The van der Waals surface area contributed by atoms with E-state index >= 15 is 0 Å². The van der Waals surface area contributed by atoms with Crippen LogP contribution in [0.4, 0.5) is 0 Å². The molecule has 6 aromatic carbocycles. The monoisotopic (exact) mass is 1130 g/mol. The average Bonchev–Trinajstić information content (AvgIpc) is 3.24. The summed E-state index contributed by atoms with van der Waals surface area (Å²) in [5, 5.41) is 1.22. The molecule has 0 spiro atoms. The fourth-order valence-electron chi connectivity index (χ4n) is 6.57. The molecule has 6 rings (SSSR count). The second-order valence-electron chi connectivity index (χ2n) is 13.0. The average molecular weight is 1140 g/mol. The highest BCUT2D eigenvalue weighted by atomic mass is 35.5. The molecule has 0 heterocycles. The highest BCUT2D eigenvalue weighted by Crippen LogP contribution is 2.63. The van der Waals surface area contributed by atoms with Gasteiger partial charge in [-0.3, -0.25) is 13.6 Å². The van der Waals surface area contributed by atoms with Crippen molar-refractivity contribution in [3.63, 3.8) is 0 Å². The highest BCUT2D eigenvalue weighted by molar-refractivity contribution is 7.41. The van der Waals surface area contributed by atoms with Crippen LogP contribution in [0.15, 0.2) is 109 Å². The van der Waals surface area contributed by atoms with Gasteiger partial charge in [0.25, 0.3) is 0 Å². The van der Waals surface area contributed by atoms with Gasteiger partial charge in [0.2, 0.25) is 0 Å². The smallest absolute Gasteiger partial charge is 0.294 e. The van der Waals surface area contributed by atoms with Gasteiger partial charge in [0.15, 0.2) is 0 Å². The Labute approximate surface area is 429 Å². The van der Waals surface area contributed by atoms with Crippen LogP contribution < -0.4 is 0 Å². The van der Waals surface area contributed by atoms with E-state index in [1.807, 2.05) is 0 Å². The normalized spacial score (nSPS) is 12.4. The van der Waals surface area contributed by atoms with E-state index in [4.69, 9.17) is 188 Å². The summed E-state index contributed by atoms with van der Waals surface area (Å²) >= 11 is 104. The Morgan fingerprint density at radius 1 is 0.295 bits per heavy atom. The quantitative estimate of drug-likeness (QED) is 0.0758. The molecule has 0 aromatic heterocycles. The predicted molar refractivity (Wildman–Crippen MR) is 263 cm³/mol. The summed E-state index contributed by atoms with van der Waals surface area (Å²) in [6.45, 7) is 0. The van der Waals surface area contributed by atoms with Crippen LogP contribution in [-0.2, 0) is 30.4 Å². The van der Waals surface area contributed by atoms with Crippen LogP contribution in [0.5, 0.6) is 0 Å². The van der Waals surface area contributed by atoms with Crippen molar-refractivity contribution in [1.29, 1.82) is 0 Å². The van der Waals surface area contributed by atoms with Crippen LogP contribution in [0.1, 0.15) is 33.4 Å². The predicted octanol–water partition coefficient (Wildman–Crippen LogP) is 19.7. The topological polar surface area (TPSA) is 27.7 Å². The zero-order valence-corrected chi connectivity index (χ0v) is 42.6. The molecule has 0 bridgehead atoms. The summed E-state index contributed by atoms with van der Waals surface area (Å²) in [4.78, 5) is 0. The van der Waals surface area contributed by atoms with Crippen molar-refractivity contribution in [3.8, 4) is 0 Å². The van der Waals surface area contributed by atoms with Gasteiger partial charge in [-0.25, -0.2) is 0 Å². The van der Waals surface area contributed by atoms with Crippen LogP contribution in [0.25, 0.3) is 0 Å². The molecule has 0 amide bonds. The standard InChI is InChI=1S/C42H24Cl15O3P/c43-19-40(22-7-1-13-28(46)34(22)52,23-8-2-14-29(47)35(23)53)58-61(59-41(20-44,24-9-3-15-30(48)36(24)54)25-10-4-16-31(49)37(25)55)60-42(21-45,26-11-5-17-32(50)38(26)56)27-12-6-18-33(51)39(27)57/h1-18H,19-21H2. The summed E-state index contributed by atoms with van der Waals surface area (Å²) in [6.07, 6.45) is 0. The molecular weight excluding hydrogens is 1120 g/mol. The number of alkyl halides is 3. The molecule has 0 aliphatic carbocycles. The molecule has 0 fully saturated rings. The van der Waals surface area contributed by atoms with Gasteiger partial charge in [0.1, 0.15) is 16.8 Å². The summed E-state index contributed by atoms with van der Waals surface area (Å²) < 4.78 is 21.9. The van der Waals surface area contributed by atoms with E-state index < -0.39 is 43.0 Å². The third-order valence-corrected chi connectivity index (χ3v) is 17.0. The van der Waals surface area contributed by atoms with Crippen LogP contribution in [-0.4, -0.2) is 17.6 Å². The molecule has 0 saturated carbocycles. The van der Waals surface area contributed by atoms with E-state index in [1.165, 1.54) is 0 Å². The first-order valence-corrected chi connectivity index (χ1v) is 24.5. The molecule has 19 heteroatoms. The first kappa shape index (κ1) is 50.4. The summed E-state index contributed by atoms with van der Waals surface area (Å²) in [6, 6.07) is 29.3. The maximum Gasteiger partial charge on any atom is 0.336 e. The maximum atomic E-state index is 7.29. The number of halogens is 15. The third-order valence-electron chi connectivity index (χ3n) is 9.58. The summed E-state index contributed by atoms with van der Waals surface area (Å²) in [5.41, 5.74) is -4.35. The third kappa shape index (κ3) is 9.73. The fourth-order valence-corrected chi connectivity index (χ4v) is 12.2. The SMILES string of the molecule is ClCC(OP(OC(CCl)(c1cccc(Cl)c1Cl)c1cccc(Cl)c1Cl)OC(CCl)(c1cccc(Cl)c1Cl)c1cccc(Cl)c1Cl)(c1cccc(Cl)c1Cl)c1cccc(Cl)c1Cl. The van der Waals surface area contributed by atoms with Crippen molar-refractivity contribution in [3.05, 3.63) is 203 Å². The zero-order valence-electron chi connectivity index (χ0n) is 30.4. The lowest BCUT2D eigenvalue weighted by Crippen LogP contribution is -2.40. The minimum Gasteiger partial charge on any atom is -0.294 e. The zero-order chi connectivity index (χ0) is 44.4. The second kappa shape index (κ2) is 21.3. The number of rotatable bonds is 15. The second-order valence-corrected chi connectivity index (χ2v) is 19.5. The fraction of sp³-hybridized carbons (Fsp3) is 0.143. The van der Waals surface area contributed by atoms with Crippen molar-refractivity contribution < 1.29 is 13.6 Å². The molecule has 0 aliphatic rings. The van der Waals surface area contributed by atoms with Crippen LogP contribution in [0.3, 0.4) is 0 Å². The van der Waals surface area contributed by atoms with Gasteiger partial charge in [-0.15, -0.1) is 34.8 Å². The van der Waals surface area contributed by atoms with Gasteiger partial charge < -0.3 is 0 Å². The van der Waals surface area contributed by atoms with E-state index in [1.54, 1.807) is 109 Å². The number of hydrogen-bond acceptors (Lipinski definition) is 3. The Kier molecular flexibility index (Phi) is 17.6. The van der Waals surface area contributed by atoms with E-state index in [-0.39, 0.29) is 93.7 Å². The number of hydrogen-bond donors (Lipinski definition) is 0. The van der Waals surface area contributed by atoms with Gasteiger partial charge in [0, 0.05) is 33.4 Å². The van der Waals surface area contributed by atoms with E-state index in [0.717, 1.165) is 0 Å². The Morgan fingerprint density at radius 2 is 0.459 bits per heavy atom.